The Labute approximate surface area is 129 Å². The monoisotopic (exact) mass is 299 g/mol. The first-order valence-electron chi connectivity index (χ1n) is 7.44. The first-order valence-corrected chi connectivity index (χ1v) is 8.32. The first-order chi connectivity index (χ1) is 10.2. The molecule has 0 aliphatic rings. The molecule has 0 aliphatic carbocycles. The molecule has 1 N–H and O–H groups in total. The number of nitrogens with one attached hydrogen (secondary N) is 1. The molecule has 0 fully saturated rings. The van der Waals surface area contributed by atoms with E-state index in [2.05, 4.69) is 65.6 Å². The van der Waals surface area contributed by atoms with Crippen molar-refractivity contribution in [3.05, 3.63) is 58.9 Å². The fraction of sp³-hybridized carbons (Fsp3) is 0.353. The minimum Gasteiger partial charge on any atom is -0.314 e. The molecule has 0 aliphatic heterocycles. The van der Waals surface area contributed by atoms with E-state index in [1.54, 1.807) is 11.3 Å². The summed E-state index contributed by atoms with van der Waals surface area (Å²) in [6.45, 7) is 5.29. The van der Waals surface area contributed by atoms with Gasteiger partial charge in [0, 0.05) is 30.2 Å². The van der Waals surface area contributed by atoms with Crippen LogP contribution in [0.25, 0.3) is 4.96 Å². The van der Waals surface area contributed by atoms with Crippen LogP contribution in [-0.2, 0) is 12.8 Å². The third-order valence-electron chi connectivity index (χ3n) is 3.66. The molecule has 3 aromatic rings. The van der Waals surface area contributed by atoms with Gasteiger partial charge < -0.3 is 5.32 Å². The van der Waals surface area contributed by atoms with Gasteiger partial charge in [-0.3, -0.25) is 4.40 Å². The van der Waals surface area contributed by atoms with Crippen LogP contribution in [-0.4, -0.2) is 22.0 Å². The van der Waals surface area contributed by atoms with Crippen molar-refractivity contribution in [3.8, 4) is 0 Å². The highest BCUT2D eigenvalue weighted by atomic mass is 32.1. The van der Waals surface area contributed by atoms with Gasteiger partial charge in [-0.25, -0.2) is 4.98 Å². The molecule has 0 bridgehead atoms. The van der Waals surface area contributed by atoms with Crippen molar-refractivity contribution < 1.29 is 0 Å². The van der Waals surface area contributed by atoms with Gasteiger partial charge >= 0.3 is 0 Å². The molecule has 0 amide bonds. The molecule has 0 saturated carbocycles. The van der Waals surface area contributed by atoms with E-state index in [-0.39, 0.29) is 0 Å². The highest BCUT2D eigenvalue weighted by Crippen LogP contribution is 2.14. The summed E-state index contributed by atoms with van der Waals surface area (Å²) in [5.41, 5.74) is 3.88. The average molecular weight is 299 g/mol. The van der Waals surface area contributed by atoms with Crippen molar-refractivity contribution in [2.24, 2.45) is 0 Å². The van der Waals surface area contributed by atoms with Gasteiger partial charge in [-0.2, -0.15) is 0 Å². The molecule has 1 aromatic carbocycles. The molecule has 2 heterocycles. The molecular weight excluding hydrogens is 278 g/mol. The summed E-state index contributed by atoms with van der Waals surface area (Å²) in [5, 5.41) is 5.66. The van der Waals surface area contributed by atoms with Crippen molar-refractivity contribution in [2.75, 3.05) is 6.54 Å². The van der Waals surface area contributed by atoms with Crippen molar-refractivity contribution in [2.45, 2.75) is 32.7 Å². The molecule has 1 unspecified atom stereocenters. The SMILES string of the molecule is CCNC(Cc1cccc(C)c1)Cc1cn2ccsc2n1. The summed E-state index contributed by atoms with van der Waals surface area (Å²) in [6, 6.07) is 9.20. The lowest BCUT2D eigenvalue weighted by Gasteiger charge is -2.17. The predicted octanol–water partition coefficient (Wildman–Crippen LogP) is 3.47. The summed E-state index contributed by atoms with van der Waals surface area (Å²) in [4.78, 5) is 5.77. The zero-order valence-corrected chi connectivity index (χ0v) is 13.4. The summed E-state index contributed by atoms with van der Waals surface area (Å²) >= 11 is 1.69. The number of fused-ring (bicyclic) bond motifs is 1. The predicted molar refractivity (Wildman–Crippen MR) is 89.1 cm³/mol. The third kappa shape index (κ3) is 3.52. The van der Waals surface area contributed by atoms with E-state index in [0.717, 1.165) is 24.3 Å². The van der Waals surface area contributed by atoms with Crippen molar-refractivity contribution >= 4 is 16.3 Å². The maximum absolute atomic E-state index is 4.70. The minimum absolute atomic E-state index is 0.432. The molecular formula is C17H21N3S. The van der Waals surface area contributed by atoms with Gasteiger partial charge in [-0.1, -0.05) is 36.8 Å². The third-order valence-corrected chi connectivity index (χ3v) is 4.43. The van der Waals surface area contributed by atoms with E-state index in [4.69, 9.17) is 4.98 Å². The van der Waals surface area contributed by atoms with E-state index < -0.39 is 0 Å². The Morgan fingerprint density at radius 2 is 2.24 bits per heavy atom. The highest BCUT2D eigenvalue weighted by molar-refractivity contribution is 7.15. The number of nitrogens with zero attached hydrogens (tertiary/aromatic N) is 2. The Bertz CT molecular complexity index is 685. The number of hydrogen-bond acceptors (Lipinski definition) is 3. The van der Waals surface area contributed by atoms with Crippen LogP contribution in [0.1, 0.15) is 23.7 Å². The fourth-order valence-electron chi connectivity index (χ4n) is 2.76. The topological polar surface area (TPSA) is 29.3 Å². The van der Waals surface area contributed by atoms with Crippen LogP contribution in [0.3, 0.4) is 0 Å². The van der Waals surface area contributed by atoms with E-state index >= 15 is 0 Å². The number of imidazole rings is 1. The largest absolute Gasteiger partial charge is 0.314 e. The second-order valence-corrected chi connectivity index (χ2v) is 6.35. The second-order valence-electron chi connectivity index (χ2n) is 5.48. The Morgan fingerprint density at radius 1 is 1.33 bits per heavy atom. The summed E-state index contributed by atoms with van der Waals surface area (Å²) in [7, 11) is 0. The molecule has 3 nitrogen and oxygen atoms in total. The number of aryl methyl sites for hydroxylation is 1. The maximum Gasteiger partial charge on any atom is 0.193 e. The number of likely N-dealkylation sites (N-methyl/N-ethyl adjacent to an activating group) is 1. The number of rotatable bonds is 6. The zero-order valence-electron chi connectivity index (χ0n) is 12.5. The van der Waals surface area contributed by atoms with Crippen molar-refractivity contribution in [1.82, 2.24) is 14.7 Å². The number of thiazole rings is 1. The van der Waals surface area contributed by atoms with Gasteiger partial charge in [0.1, 0.15) is 0 Å². The second kappa shape index (κ2) is 6.41. The lowest BCUT2D eigenvalue weighted by Crippen LogP contribution is -2.33. The molecule has 1 atom stereocenters. The number of aromatic nitrogens is 2. The van der Waals surface area contributed by atoms with Crippen LogP contribution in [0, 0.1) is 6.92 Å². The maximum atomic E-state index is 4.70. The molecule has 0 saturated heterocycles. The average Bonchev–Trinajstić information content (AvgIpc) is 3.00. The van der Waals surface area contributed by atoms with E-state index in [1.807, 2.05) is 0 Å². The number of benzene rings is 1. The van der Waals surface area contributed by atoms with Crippen LogP contribution in [0.2, 0.25) is 0 Å². The van der Waals surface area contributed by atoms with Gasteiger partial charge in [-0.15, -0.1) is 11.3 Å². The molecule has 0 spiro atoms. The Balaban J connectivity index is 1.73. The lowest BCUT2D eigenvalue weighted by molar-refractivity contribution is 0.517. The lowest BCUT2D eigenvalue weighted by atomic mass is 10.0. The fourth-order valence-corrected chi connectivity index (χ4v) is 3.47. The summed E-state index contributed by atoms with van der Waals surface area (Å²) in [6.07, 6.45) is 6.22. The van der Waals surface area contributed by atoms with Gasteiger partial charge in [0.2, 0.25) is 0 Å². The van der Waals surface area contributed by atoms with Gasteiger partial charge in [-0.05, 0) is 25.5 Å². The molecule has 110 valence electrons. The summed E-state index contributed by atoms with van der Waals surface area (Å²) < 4.78 is 2.11. The minimum atomic E-state index is 0.432. The van der Waals surface area contributed by atoms with E-state index in [0.29, 0.717) is 6.04 Å². The quantitative estimate of drug-likeness (QED) is 0.755. The molecule has 3 rings (SSSR count). The number of hydrogen-bond donors (Lipinski definition) is 1. The van der Waals surface area contributed by atoms with E-state index in [9.17, 15) is 0 Å². The van der Waals surface area contributed by atoms with Crippen LogP contribution in [0.5, 0.6) is 0 Å². The Morgan fingerprint density at radius 3 is 3.00 bits per heavy atom. The molecule has 2 aromatic heterocycles. The smallest absolute Gasteiger partial charge is 0.193 e. The van der Waals surface area contributed by atoms with Crippen LogP contribution in [0.4, 0.5) is 0 Å². The van der Waals surface area contributed by atoms with Gasteiger partial charge in [0.05, 0.1) is 5.69 Å². The van der Waals surface area contributed by atoms with Crippen LogP contribution < -0.4 is 5.32 Å². The van der Waals surface area contributed by atoms with Gasteiger partial charge in [0.25, 0.3) is 0 Å². The van der Waals surface area contributed by atoms with Gasteiger partial charge in [0.15, 0.2) is 4.96 Å². The van der Waals surface area contributed by atoms with Crippen molar-refractivity contribution in [3.63, 3.8) is 0 Å². The summed E-state index contributed by atoms with van der Waals surface area (Å²) in [5.74, 6) is 0. The van der Waals surface area contributed by atoms with Crippen LogP contribution in [0.15, 0.2) is 42.0 Å². The zero-order chi connectivity index (χ0) is 14.7. The molecule has 4 heteroatoms. The van der Waals surface area contributed by atoms with E-state index in [1.165, 1.54) is 16.8 Å². The normalized spacial score (nSPS) is 12.9. The Hall–Kier alpha value is -1.65. The molecule has 0 radical (unpaired) electrons. The highest BCUT2D eigenvalue weighted by Gasteiger charge is 2.12. The standard InChI is InChI=1S/C17H21N3S/c1-3-18-15(10-14-6-4-5-13(2)9-14)11-16-12-20-7-8-21-17(20)19-16/h4-9,12,15,18H,3,10-11H2,1-2H3. The van der Waals surface area contributed by atoms with Crippen LogP contribution >= 0.6 is 11.3 Å². The Kier molecular flexibility index (Phi) is 4.36. The van der Waals surface area contributed by atoms with Crippen molar-refractivity contribution in [1.29, 1.82) is 0 Å². The molecule has 21 heavy (non-hydrogen) atoms. The first kappa shape index (κ1) is 14.3.